The van der Waals surface area contributed by atoms with Gasteiger partial charge in [-0.05, 0) is 72.2 Å². The molecule has 3 N–H and O–H groups in total. The molecule has 4 aromatic rings. The van der Waals surface area contributed by atoms with Gasteiger partial charge in [0, 0.05) is 30.2 Å². The second-order valence-corrected chi connectivity index (χ2v) is 8.62. The largest absolute Gasteiger partial charge is 0.356 e. The predicted octanol–water partition coefficient (Wildman–Crippen LogP) is 4.98. The van der Waals surface area contributed by atoms with Crippen LogP contribution in [-0.2, 0) is 6.42 Å². The molecule has 0 saturated carbocycles. The van der Waals surface area contributed by atoms with Gasteiger partial charge >= 0.3 is 0 Å². The fourth-order valence-electron chi connectivity index (χ4n) is 3.93. The summed E-state index contributed by atoms with van der Waals surface area (Å²) in [5.41, 5.74) is 5.81. The highest BCUT2D eigenvalue weighted by Gasteiger charge is 2.15. The van der Waals surface area contributed by atoms with E-state index in [9.17, 15) is 14.0 Å². The molecule has 2 heterocycles. The van der Waals surface area contributed by atoms with Crippen molar-refractivity contribution >= 4 is 34.1 Å². The van der Waals surface area contributed by atoms with E-state index >= 15 is 0 Å². The summed E-state index contributed by atoms with van der Waals surface area (Å²) in [4.78, 5) is 28.3. The van der Waals surface area contributed by atoms with Crippen molar-refractivity contribution in [1.29, 1.82) is 0 Å². The highest BCUT2D eigenvalue weighted by atomic mass is 32.1. The van der Waals surface area contributed by atoms with Crippen LogP contribution in [0.2, 0.25) is 0 Å². The third kappa shape index (κ3) is 4.16. The molecule has 2 amide bonds. The van der Waals surface area contributed by atoms with Crippen LogP contribution in [0.4, 0.5) is 4.39 Å². The van der Waals surface area contributed by atoms with Crippen molar-refractivity contribution in [3.63, 3.8) is 0 Å². The number of fused-ring (bicyclic) bond motifs is 1. The summed E-state index contributed by atoms with van der Waals surface area (Å²) in [7, 11) is 1.59. The van der Waals surface area contributed by atoms with Crippen molar-refractivity contribution in [3.8, 4) is 11.1 Å². The number of thiophene rings is 1. The second kappa shape index (κ2) is 8.96. The number of H-pyrrole nitrogens is 1. The van der Waals surface area contributed by atoms with E-state index in [2.05, 4.69) is 15.6 Å². The minimum atomic E-state index is -0.268. The molecule has 164 valence electrons. The molecule has 0 saturated heterocycles. The molecule has 0 spiro atoms. The van der Waals surface area contributed by atoms with Gasteiger partial charge in [-0.25, -0.2) is 4.39 Å². The fourth-order valence-corrected chi connectivity index (χ4v) is 4.77. The fraction of sp³-hybridized carbons (Fsp3) is 0.200. The highest BCUT2D eigenvalue weighted by molar-refractivity contribution is 7.12. The molecule has 4 rings (SSSR count). The van der Waals surface area contributed by atoms with Gasteiger partial charge in [0.1, 0.15) is 5.82 Å². The number of benzene rings is 2. The number of hydrogen-bond donors (Lipinski definition) is 3. The Morgan fingerprint density at radius 1 is 1.06 bits per heavy atom. The molecule has 0 radical (unpaired) electrons. The topological polar surface area (TPSA) is 74.0 Å². The summed E-state index contributed by atoms with van der Waals surface area (Å²) >= 11 is 1.36. The number of carbonyl (C=O) groups is 2. The number of amides is 2. The molecular weight excluding hydrogens is 425 g/mol. The van der Waals surface area contributed by atoms with Crippen molar-refractivity contribution in [2.75, 3.05) is 13.6 Å². The molecule has 0 unspecified atom stereocenters. The van der Waals surface area contributed by atoms with Gasteiger partial charge in [-0.3, -0.25) is 9.59 Å². The molecule has 0 bridgehead atoms. The van der Waals surface area contributed by atoms with Crippen molar-refractivity contribution in [2.45, 2.75) is 20.3 Å². The van der Waals surface area contributed by atoms with E-state index < -0.39 is 0 Å². The Bertz CT molecular complexity index is 1320. The van der Waals surface area contributed by atoms with Crippen LogP contribution >= 0.6 is 11.3 Å². The van der Waals surface area contributed by atoms with Crippen molar-refractivity contribution in [3.05, 3.63) is 80.9 Å². The van der Waals surface area contributed by atoms with E-state index in [4.69, 9.17) is 0 Å². The van der Waals surface area contributed by atoms with Crippen molar-refractivity contribution in [1.82, 2.24) is 15.6 Å². The molecule has 0 atom stereocenters. The lowest BCUT2D eigenvalue weighted by molar-refractivity contribution is 0.0952. The van der Waals surface area contributed by atoms with Crippen LogP contribution in [0, 0.1) is 19.7 Å². The normalized spacial score (nSPS) is 11.0. The molecule has 0 aliphatic heterocycles. The molecule has 7 heteroatoms. The van der Waals surface area contributed by atoms with Crippen LogP contribution in [0.25, 0.3) is 22.0 Å². The van der Waals surface area contributed by atoms with Crippen molar-refractivity contribution < 1.29 is 14.0 Å². The third-order valence-electron chi connectivity index (χ3n) is 5.60. The summed E-state index contributed by atoms with van der Waals surface area (Å²) in [6.07, 6.45) is 0.605. The van der Waals surface area contributed by atoms with Gasteiger partial charge in [0.2, 0.25) is 0 Å². The minimum absolute atomic E-state index is 0.149. The molecule has 0 aliphatic carbocycles. The van der Waals surface area contributed by atoms with Gasteiger partial charge in [-0.15, -0.1) is 11.3 Å². The Morgan fingerprint density at radius 2 is 1.88 bits per heavy atom. The maximum atomic E-state index is 14.1. The number of aromatic amines is 1. The Morgan fingerprint density at radius 3 is 2.66 bits per heavy atom. The lowest BCUT2D eigenvalue weighted by atomic mass is 10.0. The average molecular weight is 450 g/mol. The first kappa shape index (κ1) is 21.8. The van der Waals surface area contributed by atoms with E-state index in [1.165, 1.54) is 17.4 Å². The summed E-state index contributed by atoms with van der Waals surface area (Å²) in [6.45, 7) is 4.33. The number of aromatic nitrogens is 1. The Kier molecular flexibility index (Phi) is 6.10. The van der Waals surface area contributed by atoms with Crippen LogP contribution in [-0.4, -0.2) is 30.4 Å². The summed E-state index contributed by atoms with van der Waals surface area (Å²) in [6, 6.07) is 12.4. The van der Waals surface area contributed by atoms with Crippen LogP contribution in [0.5, 0.6) is 0 Å². The van der Waals surface area contributed by atoms with Gasteiger partial charge in [-0.2, -0.15) is 0 Å². The number of rotatable bonds is 6. The average Bonchev–Trinajstić information content (AvgIpc) is 3.42. The molecule has 5 nitrogen and oxygen atoms in total. The number of carbonyl (C=O) groups excluding carboxylic acids is 2. The van der Waals surface area contributed by atoms with Crippen LogP contribution in [0.1, 0.15) is 36.9 Å². The van der Waals surface area contributed by atoms with Gasteiger partial charge in [0.05, 0.1) is 10.4 Å². The molecule has 32 heavy (non-hydrogen) atoms. The van der Waals surface area contributed by atoms with Crippen LogP contribution in [0.15, 0.2) is 47.8 Å². The highest BCUT2D eigenvalue weighted by Crippen LogP contribution is 2.28. The minimum Gasteiger partial charge on any atom is -0.356 e. The van der Waals surface area contributed by atoms with Crippen LogP contribution < -0.4 is 10.6 Å². The monoisotopic (exact) mass is 449 g/mol. The first-order valence-corrected chi connectivity index (χ1v) is 11.2. The number of nitrogens with one attached hydrogen (secondary N) is 3. The van der Waals surface area contributed by atoms with Crippen molar-refractivity contribution in [2.24, 2.45) is 0 Å². The van der Waals surface area contributed by atoms with Gasteiger partial charge in [0.25, 0.3) is 11.8 Å². The lowest BCUT2D eigenvalue weighted by Gasteiger charge is -2.06. The Labute approximate surface area is 189 Å². The third-order valence-corrected chi connectivity index (χ3v) is 6.53. The Balaban J connectivity index is 1.45. The first-order valence-electron chi connectivity index (χ1n) is 10.3. The van der Waals surface area contributed by atoms with Gasteiger partial charge < -0.3 is 15.6 Å². The number of halogens is 1. The van der Waals surface area contributed by atoms with E-state index in [0.717, 1.165) is 33.3 Å². The molecule has 2 aromatic carbocycles. The number of aryl methyl sites for hydroxylation is 2. The molecular formula is C25H24FN3O2S. The second-order valence-electron chi connectivity index (χ2n) is 7.71. The van der Waals surface area contributed by atoms with Crippen LogP contribution in [0.3, 0.4) is 0 Å². The summed E-state index contributed by atoms with van der Waals surface area (Å²) in [5, 5.41) is 8.39. The molecule has 2 aromatic heterocycles. The smallest absolute Gasteiger partial charge is 0.261 e. The van der Waals surface area contributed by atoms with E-state index in [-0.39, 0.29) is 17.6 Å². The van der Waals surface area contributed by atoms with Gasteiger partial charge in [0.15, 0.2) is 0 Å². The lowest BCUT2D eigenvalue weighted by Crippen LogP contribution is -2.25. The summed E-state index contributed by atoms with van der Waals surface area (Å²) < 4.78 is 14.1. The number of hydrogen-bond acceptors (Lipinski definition) is 3. The molecule has 0 fully saturated rings. The predicted molar refractivity (Wildman–Crippen MR) is 127 cm³/mol. The zero-order chi connectivity index (χ0) is 22.8. The zero-order valence-electron chi connectivity index (χ0n) is 18.1. The maximum absolute atomic E-state index is 14.1. The van der Waals surface area contributed by atoms with Gasteiger partial charge in [-0.1, -0.05) is 18.2 Å². The standard InChI is InChI=1S/C25H24FN3O2S/c1-14-7-8-20(26)23-22(14)19(15(2)29-23)9-10-28-25(31)21-12-18(13-32-21)16-5-4-6-17(11-16)24(30)27-3/h4-8,11-13,29H,9-10H2,1-3H3,(H,27,30)(H,28,31). The van der Waals surface area contributed by atoms with E-state index in [1.807, 2.05) is 43.5 Å². The zero-order valence-corrected chi connectivity index (χ0v) is 19.0. The summed E-state index contributed by atoms with van der Waals surface area (Å²) in [5.74, 6) is -0.567. The molecule has 0 aliphatic rings. The van der Waals surface area contributed by atoms with E-state index in [1.54, 1.807) is 19.2 Å². The maximum Gasteiger partial charge on any atom is 0.261 e. The van der Waals surface area contributed by atoms with E-state index in [0.29, 0.717) is 28.9 Å². The first-order chi connectivity index (χ1) is 15.4. The quantitative estimate of drug-likeness (QED) is 0.388. The SMILES string of the molecule is CNC(=O)c1cccc(-c2csc(C(=O)NCCc3c(C)[nH]c4c(F)ccc(C)c34)c2)c1. The Hall–Kier alpha value is -3.45.